The molecule has 1 aromatic rings. The van der Waals surface area contributed by atoms with Crippen LogP contribution in [0.5, 0.6) is 5.75 Å². The van der Waals surface area contributed by atoms with Gasteiger partial charge < -0.3 is 20.9 Å². The molecule has 19 heavy (non-hydrogen) atoms. The summed E-state index contributed by atoms with van der Waals surface area (Å²) >= 11 is 0. The molecule has 0 saturated carbocycles. The molecule has 6 nitrogen and oxygen atoms in total. The molecule has 1 unspecified atom stereocenters. The average molecular weight is 266 g/mol. The second-order valence-corrected chi connectivity index (χ2v) is 4.09. The fourth-order valence-electron chi connectivity index (χ4n) is 1.34. The number of amides is 1. The first-order valence-corrected chi connectivity index (χ1v) is 5.94. The zero-order valence-corrected chi connectivity index (χ0v) is 11.0. The molecule has 1 amide bonds. The molecule has 1 rings (SSSR count). The van der Waals surface area contributed by atoms with Gasteiger partial charge in [-0.05, 0) is 25.1 Å². The topological polar surface area (TPSA) is 105 Å². The molecule has 0 aliphatic heterocycles. The van der Waals surface area contributed by atoms with E-state index < -0.39 is 17.8 Å². The summed E-state index contributed by atoms with van der Waals surface area (Å²) in [5.41, 5.74) is 11.4. The monoisotopic (exact) mass is 266 g/mol. The molecule has 0 aliphatic carbocycles. The molecule has 6 heteroatoms. The van der Waals surface area contributed by atoms with Gasteiger partial charge in [0.15, 0.2) is 0 Å². The van der Waals surface area contributed by atoms with Gasteiger partial charge in [0.05, 0.1) is 19.1 Å². The molecule has 0 bridgehead atoms. The number of rotatable bonds is 6. The van der Waals surface area contributed by atoms with Crippen molar-refractivity contribution >= 4 is 17.6 Å². The van der Waals surface area contributed by atoms with Gasteiger partial charge in [0.25, 0.3) is 0 Å². The van der Waals surface area contributed by atoms with Crippen molar-refractivity contribution in [3.8, 4) is 5.75 Å². The Balaban J connectivity index is 2.87. The fourth-order valence-corrected chi connectivity index (χ4v) is 1.34. The third kappa shape index (κ3) is 4.17. The number of primary amides is 1. The summed E-state index contributed by atoms with van der Waals surface area (Å²) in [5, 5.41) is 0. The number of nitrogens with two attached hydrogens (primary N) is 2. The molecule has 1 aromatic carbocycles. The maximum absolute atomic E-state index is 11.7. The zero-order chi connectivity index (χ0) is 14.4. The van der Waals surface area contributed by atoms with Crippen LogP contribution in [0.15, 0.2) is 18.2 Å². The van der Waals surface area contributed by atoms with E-state index in [0.717, 1.165) is 0 Å². The molecule has 1 atom stereocenters. The van der Waals surface area contributed by atoms with Crippen molar-refractivity contribution in [2.45, 2.75) is 13.8 Å². The van der Waals surface area contributed by atoms with Crippen LogP contribution in [-0.2, 0) is 9.53 Å². The molecule has 0 spiro atoms. The molecule has 0 aromatic heterocycles. The van der Waals surface area contributed by atoms with Crippen molar-refractivity contribution in [1.29, 1.82) is 0 Å². The van der Waals surface area contributed by atoms with E-state index in [4.69, 9.17) is 20.9 Å². The van der Waals surface area contributed by atoms with E-state index in [1.54, 1.807) is 26.0 Å². The number of anilines is 1. The van der Waals surface area contributed by atoms with Crippen molar-refractivity contribution in [2.24, 2.45) is 11.7 Å². The van der Waals surface area contributed by atoms with Crippen LogP contribution in [0.4, 0.5) is 5.69 Å². The van der Waals surface area contributed by atoms with Gasteiger partial charge in [0.1, 0.15) is 11.3 Å². The SMILES string of the molecule is CCOC(=O)c1cc(N)ccc1OCC(C)C(N)=O. The molecular weight excluding hydrogens is 248 g/mol. The Kier molecular flexibility index (Phi) is 5.17. The lowest BCUT2D eigenvalue weighted by molar-refractivity contribution is -0.122. The second kappa shape index (κ2) is 6.63. The van der Waals surface area contributed by atoms with Gasteiger partial charge in [-0.3, -0.25) is 4.79 Å². The summed E-state index contributed by atoms with van der Waals surface area (Å²) in [7, 11) is 0. The van der Waals surface area contributed by atoms with Gasteiger partial charge in [0, 0.05) is 5.69 Å². The number of benzene rings is 1. The lowest BCUT2D eigenvalue weighted by atomic mass is 10.1. The van der Waals surface area contributed by atoms with E-state index in [0.29, 0.717) is 11.4 Å². The highest BCUT2D eigenvalue weighted by Gasteiger charge is 2.16. The number of esters is 1. The quantitative estimate of drug-likeness (QED) is 0.589. The number of hydrogen-bond acceptors (Lipinski definition) is 5. The Morgan fingerprint density at radius 3 is 2.63 bits per heavy atom. The van der Waals surface area contributed by atoms with E-state index in [-0.39, 0.29) is 18.8 Å². The lowest BCUT2D eigenvalue weighted by Gasteiger charge is -2.13. The predicted molar refractivity (Wildman–Crippen MR) is 70.7 cm³/mol. The van der Waals surface area contributed by atoms with Gasteiger partial charge in [-0.1, -0.05) is 6.92 Å². The molecule has 0 radical (unpaired) electrons. The van der Waals surface area contributed by atoms with E-state index in [1.165, 1.54) is 6.07 Å². The van der Waals surface area contributed by atoms with Crippen LogP contribution in [0, 0.1) is 5.92 Å². The van der Waals surface area contributed by atoms with Gasteiger partial charge in [-0.15, -0.1) is 0 Å². The van der Waals surface area contributed by atoms with Crippen LogP contribution in [0.25, 0.3) is 0 Å². The third-order valence-electron chi connectivity index (χ3n) is 2.47. The Morgan fingerprint density at radius 1 is 1.37 bits per heavy atom. The summed E-state index contributed by atoms with van der Waals surface area (Å²) < 4.78 is 10.3. The van der Waals surface area contributed by atoms with Gasteiger partial charge in [-0.2, -0.15) is 0 Å². The van der Waals surface area contributed by atoms with Crippen molar-refractivity contribution < 1.29 is 19.1 Å². The van der Waals surface area contributed by atoms with Crippen LogP contribution in [0.2, 0.25) is 0 Å². The Hall–Kier alpha value is -2.24. The summed E-state index contributed by atoms with van der Waals surface area (Å²) in [4.78, 5) is 22.7. The van der Waals surface area contributed by atoms with Crippen molar-refractivity contribution in [3.63, 3.8) is 0 Å². The van der Waals surface area contributed by atoms with Crippen LogP contribution >= 0.6 is 0 Å². The number of nitrogen functional groups attached to an aromatic ring is 1. The number of carbonyl (C=O) groups excluding carboxylic acids is 2. The highest BCUT2D eigenvalue weighted by Crippen LogP contribution is 2.23. The molecule has 4 N–H and O–H groups in total. The minimum Gasteiger partial charge on any atom is -0.492 e. The van der Waals surface area contributed by atoms with E-state index >= 15 is 0 Å². The minimum absolute atomic E-state index is 0.0889. The normalized spacial score (nSPS) is 11.7. The van der Waals surface area contributed by atoms with Crippen LogP contribution in [0.3, 0.4) is 0 Å². The highest BCUT2D eigenvalue weighted by atomic mass is 16.5. The van der Waals surface area contributed by atoms with Crippen molar-refractivity contribution in [1.82, 2.24) is 0 Å². The first-order valence-electron chi connectivity index (χ1n) is 5.94. The minimum atomic E-state index is -0.517. The van der Waals surface area contributed by atoms with Gasteiger partial charge in [0.2, 0.25) is 5.91 Å². The summed E-state index contributed by atoms with van der Waals surface area (Å²) in [6.07, 6.45) is 0. The van der Waals surface area contributed by atoms with Crippen LogP contribution in [-0.4, -0.2) is 25.1 Å². The summed E-state index contributed by atoms with van der Waals surface area (Å²) in [6, 6.07) is 4.64. The summed E-state index contributed by atoms with van der Waals surface area (Å²) in [6.45, 7) is 3.69. The molecule has 0 fully saturated rings. The third-order valence-corrected chi connectivity index (χ3v) is 2.47. The van der Waals surface area contributed by atoms with E-state index in [2.05, 4.69) is 0 Å². The van der Waals surface area contributed by atoms with E-state index in [1.807, 2.05) is 0 Å². The Labute approximate surface area is 111 Å². The smallest absolute Gasteiger partial charge is 0.341 e. The average Bonchev–Trinajstić information content (AvgIpc) is 2.36. The molecule has 0 heterocycles. The molecule has 104 valence electrons. The number of ether oxygens (including phenoxy) is 2. The first-order chi connectivity index (χ1) is 8.95. The van der Waals surface area contributed by atoms with Crippen LogP contribution in [0.1, 0.15) is 24.2 Å². The zero-order valence-electron chi connectivity index (χ0n) is 11.0. The summed E-state index contributed by atoms with van der Waals surface area (Å²) in [5.74, 6) is -1.11. The van der Waals surface area contributed by atoms with Crippen molar-refractivity contribution in [2.75, 3.05) is 18.9 Å². The Bertz CT molecular complexity index is 474. The molecular formula is C13H18N2O4. The number of hydrogen-bond donors (Lipinski definition) is 2. The fraction of sp³-hybridized carbons (Fsp3) is 0.385. The highest BCUT2D eigenvalue weighted by molar-refractivity contribution is 5.93. The standard InChI is InChI=1S/C13H18N2O4/c1-3-18-13(17)10-6-9(14)4-5-11(10)19-7-8(2)12(15)16/h4-6,8H,3,7,14H2,1-2H3,(H2,15,16). The molecule has 0 saturated heterocycles. The maximum atomic E-state index is 11.7. The Morgan fingerprint density at radius 2 is 2.05 bits per heavy atom. The lowest BCUT2D eigenvalue weighted by Crippen LogP contribution is -2.26. The predicted octanol–water partition coefficient (Wildman–Crippen LogP) is 0.946. The second-order valence-electron chi connectivity index (χ2n) is 4.09. The van der Waals surface area contributed by atoms with Crippen LogP contribution < -0.4 is 16.2 Å². The van der Waals surface area contributed by atoms with Crippen molar-refractivity contribution in [3.05, 3.63) is 23.8 Å². The largest absolute Gasteiger partial charge is 0.492 e. The van der Waals surface area contributed by atoms with Gasteiger partial charge >= 0.3 is 5.97 Å². The number of carbonyl (C=O) groups is 2. The first kappa shape index (κ1) is 14.8. The molecule has 0 aliphatic rings. The van der Waals surface area contributed by atoms with Gasteiger partial charge in [-0.25, -0.2) is 4.79 Å². The maximum Gasteiger partial charge on any atom is 0.341 e. The van der Waals surface area contributed by atoms with E-state index in [9.17, 15) is 9.59 Å².